The van der Waals surface area contributed by atoms with Crippen LogP contribution in [0, 0.1) is 6.92 Å². The van der Waals surface area contributed by atoms with Gasteiger partial charge in [0.15, 0.2) is 0 Å². The van der Waals surface area contributed by atoms with E-state index in [1.54, 1.807) is 23.1 Å². The van der Waals surface area contributed by atoms with Crippen molar-refractivity contribution in [2.45, 2.75) is 19.8 Å². The van der Waals surface area contributed by atoms with Crippen molar-refractivity contribution in [3.05, 3.63) is 54.1 Å². The Labute approximate surface area is 152 Å². The molecule has 0 spiro atoms. The van der Waals surface area contributed by atoms with E-state index < -0.39 is 0 Å². The molecule has 136 valence electrons. The molecule has 2 aromatic rings. The van der Waals surface area contributed by atoms with Crippen LogP contribution >= 0.6 is 0 Å². The van der Waals surface area contributed by atoms with E-state index in [-0.39, 0.29) is 12.0 Å². The maximum absolute atomic E-state index is 12.1. The van der Waals surface area contributed by atoms with Gasteiger partial charge < -0.3 is 14.8 Å². The van der Waals surface area contributed by atoms with Gasteiger partial charge in [-0.05, 0) is 49.2 Å². The first kappa shape index (κ1) is 17.8. The van der Waals surface area contributed by atoms with E-state index in [1.165, 1.54) is 0 Å². The summed E-state index contributed by atoms with van der Waals surface area (Å²) in [6.07, 6.45) is 0.626. The topological polar surface area (TPSA) is 67.9 Å². The van der Waals surface area contributed by atoms with Gasteiger partial charge in [0.1, 0.15) is 12.4 Å². The molecule has 1 aliphatic heterocycles. The summed E-state index contributed by atoms with van der Waals surface area (Å²) in [5, 5.41) is 2.86. The van der Waals surface area contributed by atoms with Gasteiger partial charge in [-0.3, -0.25) is 9.69 Å². The largest absolute Gasteiger partial charge is 0.494 e. The normalized spacial score (nSPS) is 13.4. The average molecular weight is 354 g/mol. The van der Waals surface area contributed by atoms with Crippen LogP contribution in [0.15, 0.2) is 48.5 Å². The van der Waals surface area contributed by atoms with E-state index in [4.69, 9.17) is 9.47 Å². The maximum atomic E-state index is 12.1. The fourth-order valence-electron chi connectivity index (χ4n) is 2.73. The zero-order valence-electron chi connectivity index (χ0n) is 14.7. The highest BCUT2D eigenvalue weighted by Crippen LogP contribution is 2.22. The highest BCUT2D eigenvalue weighted by molar-refractivity contribution is 5.93. The van der Waals surface area contributed by atoms with Gasteiger partial charge in [-0.1, -0.05) is 18.2 Å². The van der Waals surface area contributed by atoms with Crippen LogP contribution in [-0.4, -0.2) is 31.8 Å². The van der Waals surface area contributed by atoms with Crippen molar-refractivity contribution >= 4 is 23.4 Å². The van der Waals surface area contributed by atoms with Crippen molar-refractivity contribution in [1.82, 2.24) is 0 Å². The number of carbonyl (C=O) groups excluding carboxylic acids is 2. The molecule has 0 unspecified atom stereocenters. The SMILES string of the molecule is Cc1cccc(OCCCC(=O)Nc2cccc(N3CCOC3=O)c2)c1. The molecule has 0 atom stereocenters. The average Bonchev–Trinajstić information content (AvgIpc) is 3.05. The number of carbonyl (C=O) groups is 2. The van der Waals surface area contributed by atoms with E-state index >= 15 is 0 Å². The Morgan fingerprint density at radius 1 is 1.23 bits per heavy atom. The van der Waals surface area contributed by atoms with Crippen molar-refractivity contribution in [2.24, 2.45) is 0 Å². The molecule has 0 aliphatic carbocycles. The molecule has 1 aliphatic rings. The molecule has 1 N–H and O–H groups in total. The van der Waals surface area contributed by atoms with Crippen LogP contribution in [0.4, 0.5) is 16.2 Å². The lowest BCUT2D eigenvalue weighted by Crippen LogP contribution is -2.23. The second-order valence-electron chi connectivity index (χ2n) is 6.13. The van der Waals surface area contributed by atoms with Crippen molar-refractivity contribution in [3.8, 4) is 5.75 Å². The Kier molecular flexibility index (Phi) is 5.73. The maximum Gasteiger partial charge on any atom is 0.414 e. The van der Waals surface area contributed by atoms with Gasteiger partial charge in [-0.15, -0.1) is 0 Å². The van der Waals surface area contributed by atoms with E-state index in [9.17, 15) is 9.59 Å². The molecule has 0 aromatic heterocycles. The highest BCUT2D eigenvalue weighted by Gasteiger charge is 2.23. The minimum absolute atomic E-state index is 0.0843. The number of nitrogens with one attached hydrogen (secondary N) is 1. The number of hydrogen-bond donors (Lipinski definition) is 1. The third-order valence-corrected chi connectivity index (χ3v) is 4.01. The van der Waals surface area contributed by atoms with Crippen molar-refractivity contribution in [3.63, 3.8) is 0 Å². The molecule has 2 amide bonds. The Morgan fingerprint density at radius 2 is 2.08 bits per heavy atom. The van der Waals surface area contributed by atoms with Gasteiger partial charge in [0.2, 0.25) is 5.91 Å². The number of cyclic esters (lactones) is 1. The summed E-state index contributed by atoms with van der Waals surface area (Å²) >= 11 is 0. The quantitative estimate of drug-likeness (QED) is 0.769. The first-order chi connectivity index (χ1) is 12.6. The van der Waals surface area contributed by atoms with E-state index in [2.05, 4.69) is 5.32 Å². The number of anilines is 2. The molecule has 0 bridgehead atoms. The van der Waals surface area contributed by atoms with Crippen LogP contribution in [0.25, 0.3) is 0 Å². The number of amides is 2. The second kappa shape index (κ2) is 8.38. The Balaban J connectivity index is 1.45. The van der Waals surface area contributed by atoms with Crippen LogP contribution in [0.3, 0.4) is 0 Å². The standard InChI is InChI=1S/C20H22N2O4/c1-15-5-2-8-18(13-15)25-11-4-9-19(23)21-16-6-3-7-17(14-16)22-10-12-26-20(22)24/h2-3,5-8,13-14H,4,9-12H2,1H3,(H,21,23). The lowest BCUT2D eigenvalue weighted by atomic mass is 10.2. The summed E-state index contributed by atoms with van der Waals surface area (Å²) in [6.45, 7) is 3.40. The van der Waals surface area contributed by atoms with Crippen molar-refractivity contribution in [2.75, 3.05) is 30.0 Å². The first-order valence-corrected chi connectivity index (χ1v) is 8.65. The minimum atomic E-state index is -0.359. The summed E-state index contributed by atoms with van der Waals surface area (Å²) in [7, 11) is 0. The van der Waals surface area contributed by atoms with Gasteiger partial charge in [0.05, 0.1) is 13.2 Å². The molecule has 0 saturated carbocycles. The molecule has 6 nitrogen and oxygen atoms in total. The minimum Gasteiger partial charge on any atom is -0.494 e. The summed E-state index contributed by atoms with van der Waals surface area (Å²) in [5.41, 5.74) is 2.52. The summed E-state index contributed by atoms with van der Waals surface area (Å²) in [4.78, 5) is 25.3. The number of nitrogens with zero attached hydrogens (tertiary/aromatic N) is 1. The predicted octanol–water partition coefficient (Wildman–Crippen LogP) is 3.75. The number of aryl methyl sites for hydroxylation is 1. The van der Waals surface area contributed by atoms with Gasteiger partial charge in [0, 0.05) is 17.8 Å². The van der Waals surface area contributed by atoms with Crippen molar-refractivity contribution in [1.29, 1.82) is 0 Å². The zero-order valence-corrected chi connectivity index (χ0v) is 14.7. The zero-order chi connectivity index (χ0) is 18.4. The van der Waals surface area contributed by atoms with Gasteiger partial charge in [-0.25, -0.2) is 4.79 Å². The first-order valence-electron chi connectivity index (χ1n) is 8.65. The predicted molar refractivity (Wildman–Crippen MR) is 99.7 cm³/mol. The van der Waals surface area contributed by atoms with Gasteiger partial charge in [-0.2, -0.15) is 0 Å². The summed E-state index contributed by atoms with van der Waals surface area (Å²) in [6, 6.07) is 15.0. The third-order valence-electron chi connectivity index (χ3n) is 4.01. The second-order valence-corrected chi connectivity index (χ2v) is 6.13. The molecular formula is C20H22N2O4. The van der Waals surface area contributed by atoms with E-state index in [0.717, 1.165) is 11.3 Å². The summed E-state index contributed by atoms with van der Waals surface area (Å²) in [5.74, 6) is 0.731. The fraction of sp³-hybridized carbons (Fsp3) is 0.300. The molecule has 1 fully saturated rings. The van der Waals surface area contributed by atoms with E-state index in [0.29, 0.717) is 44.0 Å². The number of hydrogen-bond acceptors (Lipinski definition) is 4. The number of ether oxygens (including phenoxy) is 2. The monoisotopic (exact) mass is 354 g/mol. The fourth-order valence-corrected chi connectivity index (χ4v) is 2.73. The molecule has 6 heteroatoms. The number of rotatable bonds is 7. The smallest absolute Gasteiger partial charge is 0.414 e. The number of benzene rings is 2. The molecule has 3 rings (SSSR count). The molecule has 26 heavy (non-hydrogen) atoms. The van der Waals surface area contributed by atoms with Crippen LogP contribution in [-0.2, 0) is 9.53 Å². The van der Waals surface area contributed by atoms with E-state index in [1.807, 2.05) is 37.3 Å². The van der Waals surface area contributed by atoms with Crippen molar-refractivity contribution < 1.29 is 19.1 Å². The third kappa shape index (κ3) is 4.75. The molecular weight excluding hydrogens is 332 g/mol. The van der Waals surface area contributed by atoms with Crippen LogP contribution in [0.1, 0.15) is 18.4 Å². The lowest BCUT2D eigenvalue weighted by Gasteiger charge is -2.14. The van der Waals surface area contributed by atoms with Crippen LogP contribution in [0.2, 0.25) is 0 Å². The Bertz CT molecular complexity index is 791. The molecule has 2 aromatic carbocycles. The Morgan fingerprint density at radius 3 is 2.85 bits per heavy atom. The molecule has 0 radical (unpaired) electrons. The molecule has 1 heterocycles. The summed E-state index contributed by atoms with van der Waals surface area (Å²) < 4.78 is 10.6. The van der Waals surface area contributed by atoms with Crippen LogP contribution in [0.5, 0.6) is 5.75 Å². The molecule has 1 saturated heterocycles. The van der Waals surface area contributed by atoms with Gasteiger partial charge >= 0.3 is 6.09 Å². The van der Waals surface area contributed by atoms with Gasteiger partial charge in [0.25, 0.3) is 0 Å². The highest BCUT2D eigenvalue weighted by atomic mass is 16.6. The van der Waals surface area contributed by atoms with Crippen LogP contribution < -0.4 is 15.0 Å². The lowest BCUT2D eigenvalue weighted by molar-refractivity contribution is -0.116. The Hall–Kier alpha value is -3.02.